The van der Waals surface area contributed by atoms with E-state index in [-0.39, 0.29) is 0 Å². The van der Waals surface area contributed by atoms with Crippen molar-refractivity contribution in [2.24, 2.45) is 5.92 Å². The number of pyridine rings is 1. The van der Waals surface area contributed by atoms with Crippen LogP contribution in [0, 0.1) is 17.3 Å². The van der Waals surface area contributed by atoms with Crippen LogP contribution in [-0.2, 0) is 0 Å². The van der Waals surface area contributed by atoms with E-state index in [0.29, 0.717) is 17.5 Å². The molecule has 2 aromatic rings. The van der Waals surface area contributed by atoms with E-state index in [1.807, 2.05) is 0 Å². The zero-order valence-corrected chi connectivity index (χ0v) is 9.10. The molecule has 0 radical (unpaired) electrons. The minimum atomic E-state index is -0.507. The number of hydrogen-bond donors (Lipinski definition) is 1. The van der Waals surface area contributed by atoms with Gasteiger partial charge in [-0.1, -0.05) is 0 Å². The molecular formula is C12H11FN4. The zero-order chi connectivity index (χ0) is 11.8. The fourth-order valence-corrected chi connectivity index (χ4v) is 1.78. The highest BCUT2D eigenvalue weighted by atomic mass is 19.1. The Kier molecular flexibility index (Phi) is 2.24. The van der Waals surface area contributed by atoms with E-state index in [2.05, 4.69) is 9.97 Å². The molecule has 0 saturated heterocycles. The fourth-order valence-electron chi connectivity index (χ4n) is 1.78. The maximum atomic E-state index is 12.7. The van der Waals surface area contributed by atoms with Gasteiger partial charge in [-0.3, -0.25) is 4.57 Å². The second kappa shape index (κ2) is 3.76. The Morgan fingerprint density at radius 2 is 2.18 bits per heavy atom. The van der Waals surface area contributed by atoms with Gasteiger partial charge in [0.2, 0.25) is 5.95 Å². The molecule has 5 heteroatoms. The molecule has 17 heavy (non-hydrogen) atoms. The zero-order valence-electron chi connectivity index (χ0n) is 9.10. The van der Waals surface area contributed by atoms with E-state index in [1.165, 1.54) is 12.3 Å². The molecule has 1 fully saturated rings. The van der Waals surface area contributed by atoms with Gasteiger partial charge in [0.1, 0.15) is 0 Å². The highest BCUT2D eigenvalue weighted by Gasteiger charge is 2.29. The highest BCUT2D eigenvalue weighted by Crippen LogP contribution is 2.32. The van der Waals surface area contributed by atoms with Crippen molar-refractivity contribution in [3.05, 3.63) is 42.5 Å². The maximum absolute atomic E-state index is 12.7. The molecular weight excluding hydrogens is 219 g/mol. The van der Waals surface area contributed by atoms with Crippen molar-refractivity contribution in [2.45, 2.75) is 12.8 Å². The normalized spacial score (nSPS) is 14.9. The Morgan fingerprint density at radius 1 is 1.35 bits per heavy atom. The van der Waals surface area contributed by atoms with Crippen LogP contribution < -0.4 is 0 Å². The first-order valence-electron chi connectivity index (χ1n) is 5.50. The summed E-state index contributed by atoms with van der Waals surface area (Å²) in [6.45, 7) is 0. The van der Waals surface area contributed by atoms with Gasteiger partial charge >= 0.3 is 0 Å². The average molecular weight is 230 g/mol. The van der Waals surface area contributed by atoms with Crippen molar-refractivity contribution in [1.82, 2.24) is 14.5 Å². The average Bonchev–Trinajstić information content (AvgIpc) is 3.07. The number of imidazole rings is 1. The summed E-state index contributed by atoms with van der Waals surface area (Å²) >= 11 is 0. The molecule has 1 aliphatic rings. The fraction of sp³-hybridized carbons (Fsp3) is 0.250. The molecule has 0 unspecified atom stereocenters. The van der Waals surface area contributed by atoms with Crippen molar-refractivity contribution in [3.8, 4) is 5.69 Å². The van der Waals surface area contributed by atoms with Crippen molar-refractivity contribution in [2.75, 3.05) is 0 Å². The quantitative estimate of drug-likeness (QED) is 0.649. The second-order valence-corrected chi connectivity index (χ2v) is 4.15. The molecule has 0 aromatic carbocycles. The lowest BCUT2D eigenvalue weighted by Gasteiger charge is -2.07. The van der Waals surface area contributed by atoms with Gasteiger partial charge < -0.3 is 5.41 Å². The Balaban J connectivity index is 2.00. The van der Waals surface area contributed by atoms with E-state index in [1.54, 1.807) is 23.0 Å². The smallest absolute Gasteiger partial charge is 0.212 e. The molecule has 4 nitrogen and oxygen atoms in total. The number of nitrogens with one attached hydrogen (secondary N) is 1. The predicted molar refractivity (Wildman–Crippen MR) is 60.9 cm³/mol. The molecule has 0 amide bonds. The standard InChI is InChI=1S/C12H11FN4/c13-10-4-3-9(7-16-10)17-6-5-15-12(17)11(14)8-1-2-8/h3-8,14H,1-2H2. The lowest BCUT2D eigenvalue weighted by molar-refractivity contribution is 0.583. The van der Waals surface area contributed by atoms with Gasteiger partial charge in [-0.25, -0.2) is 9.97 Å². The van der Waals surface area contributed by atoms with Crippen molar-refractivity contribution >= 4 is 5.71 Å². The minimum Gasteiger partial charge on any atom is -0.301 e. The summed E-state index contributed by atoms with van der Waals surface area (Å²) in [6.07, 6.45) is 6.98. The Bertz CT molecular complexity index is 554. The van der Waals surface area contributed by atoms with E-state index in [9.17, 15) is 4.39 Å². The lowest BCUT2D eigenvalue weighted by atomic mass is 10.2. The van der Waals surface area contributed by atoms with E-state index >= 15 is 0 Å². The molecule has 1 saturated carbocycles. The van der Waals surface area contributed by atoms with Gasteiger partial charge in [0.15, 0.2) is 5.82 Å². The number of rotatable bonds is 3. The molecule has 0 bridgehead atoms. The Hall–Kier alpha value is -2.04. The van der Waals surface area contributed by atoms with Crippen LogP contribution in [0.25, 0.3) is 5.69 Å². The molecule has 0 aliphatic heterocycles. The summed E-state index contributed by atoms with van der Waals surface area (Å²) in [4.78, 5) is 7.80. The van der Waals surface area contributed by atoms with E-state index < -0.39 is 5.95 Å². The molecule has 0 spiro atoms. The largest absolute Gasteiger partial charge is 0.301 e. The third-order valence-corrected chi connectivity index (χ3v) is 2.86. The van der Waals surface area contributed by atoms with Crippen molar-refractivity contribution in [3.63, 3.8) is 0 Å². The van der Waals surface area contributed by atoms with Crippen LogP contribution >= 0.6 is 0 Å². The van der Waals surface area contributed by atoms with Crippen LogP contribution in [0.15, 0.2) is 30.7 Å². The first-order valence-corrected chi connectivity index (χ1v) is 5.50. The molecule has 0 atom stereocenters. The monoisotopic (exact) mass is 230 g/mol. The minimum absolute atomic E-state index is 0.338. The first kappa shape index (κ1) is 10.1. The van der Waals surface area contributed by atoms with Gasteiger partial charge in [0.25, 0.3) is 0 Å². The summed E-state index contributed by atoms with van der Waals surface area (Å²) in [5.74, 6) is 0.457. The highest BCUT2D eigenvalue weighted by molar-refractivity contribution is 5.98. The van der Waals surface area contributed by atoms with Gasteiger partial charge in [-0.05, 0) is 25.0 Å². The summed E-state index contributed by atoms with van der Waals surface area (Å²) in [6, 6.07) is 2.94. The second-order valence-electron chi connectivity index (χ2n) is 4.15. The van der Waals surface area contributed by atoms with Crippen LogP contribution in [0.4, 0.5) is 4.39 Å². The van der Waals surface area contributed by atoms with Gasteiger partial charge in [-0.2, -0.15) is 4.39 Å². The van der Waals surface area contributed by atoms with Gasteiger partial charge in [0.05, 0.1) is 17.6 Å². The Labute approximate surface area is 97.7 Å². The molecule has 1 aliphatic carbocycles. The van der Waals surface area contributed by atoms with Crippen LogP contribution in [0.5, 0.6) is 0 Å². The molecule has 2 aromatic heterocycles. The number of halogens is 1. The van der Waals surface area contributed by atoms with E-state index in [0.717, 1.165) is 18.5 Å². The third kappa shape index (κ3) is 1.84. The third-order valence-electron chi connectivity index (χ3n) is 2.86. The van der Waals surface area contributed by atoms with E-state index in [4.69, 9.17) is 5.41 Å². The lowest BCUT2D eigenvalue weighted by Crippen LogP contribution is -2.10. The molecule has 3 rings (SSSR count). The maximum Gasteiger partial charge on any atom is 0.212 e. The molecule has 2 heterocycles. The topological polar surface area (TPSA) is 54.6 Å². The van der Waals surface area contributed by atoms with Crippen LogP contribution in [0.3, 0.4) is 0 Å². The van der Waals surface area contributed by atoms with Gasteiger partial charge in [-0.15, -0.1) is 0 Å². The number of aromatic nitrogens is 3. The van der Waals surface area contributed by atoms with Gasteiger partial charge in [0, 0.05) is 18.3 Å². The molecule has 86 valence electrons. The predicted octanol–water partition coefficient (Wildman–Crippen LogP) is 2.18. The number of hydrogen-bond acceptors (Lipinski definition) is 3. The summed E-state index contributed by atoms with van der Waals surface area (Å²) in [7, 11) is 0. The molecule has 1 N–H and O–H groups in total. The summed E-state index contributed by atoms with van der Waals surface area (Å²) < 4.78 is 14.5. The summed E-state index contributed by atoms with van der Waals surface area (Å²) in [5.41, 5.74) is 1.28. The van der Waals surface area contributed by atoms with Crippen LogP contribution in [0.1, 0.15) is 18.7 Å². The van der Waals surface area contributed by atoms with Crippen molar-refractivity contribution < 1.29 is 4.39 Å². The number of nitrogens with zero attached hydrogens (tertiary/aromatic N) is 3. The Morgan fingerprint density at radius 3 is 2.82 bits per heavy atom. The van der Waals surface area contributed by atoms with Crippen LogP contribution in [0.2, 0.25) is 0 Å². The summed E-state index contributed by atoms with van der Waals surface area (Å²) in [5, 5.41) is 8.02. The SMILES string of the molecule is N=C(c1nccn1-c1ccc(F)nc1)C1CC1. The van der Waals surface area contributed by atoms with Crippen LogP contribution in [-0.4, -0.2) is 20.2 Å². The first-order chi connectivity index (χ1) is 8.25. The van der Waals surface area contributed by atoms with Crippen molar-refractivity contribution in [1.29, 1.82) is 5.41 Å².